The molecule has 1 aromatic rings. The average molecular weight is 805 g/mol. The van der Waals surface area contributed by atoms with Gasteiger partial charge >= 0.3 is 0 Å². The maximum Gasteiger partial charge on any atom is 0.264 e. The number of likely N-dealkylation sites (tertiary alicyclic amines) is 1. The van der Waals surface area contributed by atoms with E-state index in [0.717, 1.165) is 5.56 Å². The standard InChI is InChI=1S/C33H49N4O9.Tb/c1-33(2,3)21-27(22-34)32(40)37-23-29(26-5-7-28(41-4)8-6-26)30(24-37)31(39)36-10-12-43-14-16-45-18-20-46-19-17-44-15-13-42-11-9-35-25-38;/h5-8,21,29-30H,9-20,23-24H2,1-4H3,(H,35,38)(H,36,39);/q-1;/b27-21+;/t29-,30+;/m0./s1. The molecule has 14 heteroatoms. The van der Waals surface area contributed by atoms with Crippen molar-refractivity contribution in [2.75, 3.05) is 99.4 Å². The van der Waals surface area contributed by atoms with Crippen LogP contribution in [0.3, 0.4) is 0 Å². The summed E-state index contributed by atoms with van der Waals surface area (Å²) in [5, 5.41) is 15.0. The van der Waals surface area contributed by atoms with Gasteiger partial charge in [0.25, 0.3) is 5.91 Å². The molecule has 0 aliphatic carbocycles. The van der Waals surface area contributed by atoms with E-state index >= 15 is 0 Å². The second-order valence-corrected chi connectivity index (χ2v) is 11.6. The third-order valence-electron chi connectivity index (χ3n) is 6.89. The fraction of sp³-hybridized carbons (Fsp3) is 0.636. The van der Waals surface area contributed by atoms with Crippen molar-refractivity contribution in [1.82, 2.24) is 15.5 Å². The van der Waals surface area contributed by atoms with E-state index in [4.69, 9.17) is 28.4 Å². The van der Waals surface area contributed by atoms with Crippen molar-refractivity contribution in [2.24, 2.45) is 11.3 Å². The van der Waals surface area contributed by atoms with Gasteiger partial charge in [0.1, 0.15) is 17.4 Å². The largest absolute Gasteiger partial charge is 0.528 e. The number of hydrogen-bond donors (Lipinski definition) is 2. The van der Waals surface area contributed by atoms with E-state index in [0.29, 0.717) is 91.5 Å². The van der Waals surface area contributed by atoms with E-state index in [2.05, 4.69) is 10.6 Å². The van der Waals surface area contributed by atoms with Gasteiger partial charge in [-0.05, 0) is 23.1 Å². The molecule has 1 aliphatic heterocycles. The molecule has 0 bridgehead atoms. The molecule has 13 nitrogen and oxygen atoms in total. The van der Waals surface area contributed by atoms with Crippen LogP contribution in [0.2, 0.25) is 0 Å². The summed E-state index contributed by atoms with van der Waals surface area (Å²) < 4.78 is 32.4. The minimum Gasteiger partial charge on any atom is -0.528 e. The van der Waals surface area contributed by atoms with Crippen LogP contribution in [0, 0.1) is 61.3 Å². The SMILES string of the molecule is COc1ccc([C@@H]2CN(C(=O)/C(C#N)=C/C(C)(C)C)C[C@H]2C(=O)NCCOCCOCCOCCOCCOCCN[C-]=O)cc1.[Tb]. The Morgan fingerprint density at radius 2 is 1.40 bits per heavy atom. The molecule has 1 radical (unpaired) electrons. The quantitative estimate of drug-likeness (QED) is 0.0548. The van der Waals surface area contributed by atoms with Gasteiger partial charge in [0.05, 0.1) is 79.1 Å². The first kappa shape index (κ1) is 42.8. The Kier molecular flexibility index (Phi) is 22.6. The summed E-state index contributed by atoms with van der Waals surface area (Å²) >= 11 is 0. The number of benzene rings is 1. The predicted octanol–water partition coefficient (Wildman–Crippen LogP) is 1.59. The number of rotatable bonds is 23. The number of nitriles is 1. The first-order chi connectivity index (χ1) is 22.2. The zero-order chi connectivity index (χ0) is 33.6. The normalized spacial score (nSPS) is 16.2. The number of nitrogens with one attached hydrogen (secondary N) is 2. The zero-order valence-electron chi connectivity index (χ0n) is 27.8. The van der Waals surface area contributed by atoms with Crippen molar-refractivity contribution in [3.8, 4) is 11.8 Å². The predicted molar refractivity (Wildman–Crippen MR) is 170 cm³/mol. The Balaban J connectivity index is 0.0000110. The van der Waals surface area contributed by atoms with Gasteiger partial charge in [-0.15, -0.1) is 0 Å². The summed E-state index contributed by atoms with van der Waals surface area (Å²) in [6, 6.07) is 9.53. The van der Waals surface area contributed by atoms with Crippen molar-refractivity contribution in [1.29, 1.82) is 5.26 Å². The van der Waals surface area contributed by atoms with Crippen LogP contribution in [0.25, 0.3) is 0 Å². The van der Waals surface area contributed by atoms with Crippen LogP contribution in [0.15, 0.2) is 35.9 Å². The fourth-order valence-electron chi connectivity index (χ4n) is 4.70. The van der Waals surface area contributed by atoms with Crippen LogP contribution in [0.1, 0.15) is 32.3 Å². The Labute approximate surface area is 309 Å². The fourth-order valence-corrected chi connectivity index (χ4v) is 4.70. The molecule has 0 spiro atoms. The van der Waals surface area contributed by atoms with Crippen LogP contribution in [0.5, 0.6) is 5.75 Å². The monoisotopic (exact) mass is 804 g/mol. The van der Waals surface area contributed by atoms with Gasteiger partial charge in [-0.25, -0.2) is 0 Å². The number of nitrogens with zero attached hydrogens (tertiary/aromatic N) is 2. The molecular weight excluding hydrogens is 755 g/mol. The molecule has 0 unspecified atom stereocenters. The van der Waals surface area contributed by atoms with E-state index < -0.39 is 5.92 Å². The molecule has 1 heterocycles. The molecular formula is C33H49N4O9Tb-. The van der Waals surface area contributed by atoms with Gasteiger partial charge in [0, 0.05) is 70.7 Å². The molecule has 265 valence electrons. The van der Waals surface area contributed by atoms with Crippen LogP contribution in [-0.4, -0.2) is 122 Å². The minimum absolute atomic E-state index is 0. The van der Waals surface area contributed by atoms with E-state index in [9.17, 15) is 19.6 Å². The van der Waals surface area contributed by atoms with Crippen LogP contribution in [0.4, 0.5) is 0 Å². The zero-order valence-corrected chi connectivity index (χ0v) is 30.0. The molecule has 47 heavy (non-hydrogen) atoms. The van der Waals surface area contributed by atoms with Crippen molar-refractivity contribution < 1.29 is 81.4 Å². The van der Waals surface area contributed by atoms with Crippen LogP contribution < -0.4 is 15.4 Å². The van der Waals surface area contributed by atoms with Crippen molar-refractivity contribution in [2.45, 2.75) is 26.7 Å². The second kappa shape index (κ2) is 24.8. The smallest absolute Gasteiger partial charge is 0.264 e. The van der Waals surface area contributed by atoms with E-state index in [1.54, 1.807) is 24.5 Å². The van der Waals surface area contributed by atoms with E-state index in [1.165, 1.54) is 0 Å². The summed E-state index contributed by atoms with van der Waals surface area (Å²) in [6.45, 7) is 11.2. The van der Waals surface area contributed by atoms with Gasteiger partial charge in [-0.1, -0.05) is 39.0 Å². The topological polar surface area (TPSA) is 158 Å². The third kappa shape index (κ3) is 17.6. The second-order valence-electron chi connectivity index (χ2n) is 11.6. The van der Waals surface area contributed by atoms with Gasteiger partial charge in [-0.3, -0.25) is 9.59 Å². The van der Waals surface area contributed by atoms with Gasteiger partial charge < -0.3 is 48.7 Å². The molecule has 1 saturated heterocycles. The van der Waals surface area contributed by atoms with Gasteiger partial charge in [-0.2, -0.15) is 11.7 Å². The number of carbonyl (C=O) groups excluding carboxylic acids is 3. The molecule has 1 fully saturated rings. The number of ether oxygens (including phenoxy) is 6. The third-order valence-corrected chi connectivity index (χ3v) is 6.89. The summed E-state index contributed by atoms with van der Waals surface area (Å²) in [6.07, 6.45) is 3.25. The van der Waals surface area contributed by atoms with Gasteiger partial charge in [0.2, 0.25) is 5.91 Å². The average Bonchev–Trinajstić information content (AvgIpc) is 3.49. The molecule has 0 aromatic heterocycles. The number of carbonyl (C=O) groups is 2. The number of hydrogen-bond acceptors (Lipinski definition) is 10. The Hall–Kier alpha value is -2.25. The summed E-state index contributed by atoms with van der Waals surface area (Å²) in [4.78, 5) is 38.1. The first-order valence-corrected chi connectivity index (χ1v) is 15.5. The van der Waals surface area contributed by atoms with E-state index in [1.807, 2.05) is 51.1 Å². The number of amides is 3. The minimum atomic E-state index is -0.482. The molecule has 1 aliphatic rings. The summed E-state index contributed by atoms with van der Waals surface area (Å²) in [5.41, 5.74) is 0.663. The Morgan fingerprint density at radius 1 is 0.894 bits per heavy atom. The van der Waals surface area contributed by atoms with Crippen molar-refractivity contribution >= 4 is 18.2 Å². The van der Waals surface area contributed by atoms with Gasteiger partial charge in [0.15, 0.2) is 0 Å². The van der Waals surface area contributed by atoms with Crippen LogP contribution >= 0.6 is 0 Å². The Bertz CT molecular complexity index is 1120. The summed E-state index contributed by atoms with van der Waals surface area (Å²) in [7, 11) is 1.59. The molecule has 2 rings (SSSR count). The maximum absolute atomic E-state index is 13.3. The number of methoxy groups -OCH3 is 1. The Morgan fingerprint density at radius 3 is 1.87 bits per heavy atom. The van der Waals surface area contributed by atoms with Crippen molar-refractivity contribution in [3.05, 3.63) is 41.5 Å². The van der Waals surface area contributed by atoms with Crippen LogP contribution in [-0.2, 0) is 38.1 Å². The first-order valence-electron chi connectivity index (χ1n) is 15.5. The van der Waals surface area contributed by atoms with E-state index in [-0.39, 0.29) is 73.9 Å². The molecule has 0 saturated carbocycles. The molecule has 2 atom stereocenters. The number of allylic oxidation sites excluding steroid dienone is 1. The summed E-state index contributed by atoms with van der Waals surface area (Å²) in [5.74, 6) is -0.550. The maximum atomic E-state index is 13.3. The molecule has 2 N–H and O–H groups in total. The molecule has 3 amide bonds. The van der Waals surface area contributed by atoms with Crippen molar-refractivity contribution in [3.63, 3.8) is 0 Å². The molecule has 1 aromatic carbocycles.